The fourth-order valence-corrected chi connectivity index (χ4v) is 8.15. The molecule has 8 aromatic carbocycles. The average molecular weight is 716 g/mol. The van der Waals surface area contributed by atoms with Crippen LogP contribution in [0.15, 0.2) is 205 Å². The van der Waals surface area contributed by atoms with Gasteiger partial charge in [-0.1, -0.05) is 158 Å². The predicted octanol–water partition coefficient (Wildman–Crippen LogP) is 13.8. The van der Waals surface area contributed by atoms with E-state index in [0.717, 1.165) is 77.5 Å². The number of nitrogens with zero attached hydrogens (tertiary/aromatic N) is 3. The van der Waals surface area contributed by atoms with E-state index in [1.807, 2.05) is 18.2 Å². The lowest BCUT2D eigenvalue weighted by molar-refractivity contribution is 0.670. The van der Waals surface area contributed by atoms with Gasteiger partial charge in [0.2, 0.25) is 0 Å². The number of para-hydroxylation sites is 4. The van der Waals surface area contributed by atoms with Crippen LogP contribution in [0.25, 0.3) is 106 Å². The molecule has 0 fully saturated rings. The molecular weight excluding hydrogens is 683 g/mol. The van der Waals surface area contributed by atoms with Crippen molar-refractivity contribution in [1.82, 2.24) is 14.5 Å². The van der Waals surface area contributed by atoms with Gasteiger partial charge in [-0.2, -0.15) is 0 Å². The molecule has 0 aliphatic heterocycles. The standard InChI is InChI=1S/C52H33N3O/c1-3-14-34(15-4-1)35-28-30-36(31-29-35)37-16-11-17-38(32-37)39-18-12-19-40(33-39)51-53-49(45-25-13-24-43-42-22-8-10-27-47(42)56-50(43)45)48-44-23-7-9-26-46(44)55(52(48)54-51)41-20-5-2-6-21-41/h1-33H. The molecular formula is C52H33N3O. The number of hydrogen-bond donors (Lipinski definition) is 0. The molecule has 0 saturated heterocycles. The number of rotatable bonds is 6. The van der Waals surface area contributed by atoms with Gasteiger partial charge >= 0.3 is 0 Å². The number of benzene rings is 8. The van der Waals surface area contributed by atoms with Gasteiger partial charge in [0.1, 0.15) is 16.8 Å². The lowest BCUT2D eigenvalue weighted by Crippen LogP contribution is -1.99. The van der Waals surface area contributed by atoms with Gasteiger partial charge in [-0.05, 0) is 75.8 Å². The molecule has 0 spiro atoms. The van der Waals surface area contributed by atoms with Crippen LogP contribution in [0, 0.1) is 0 Å². The van der Waals surface area contributed by atoms with E-state index in [1.54, 1.807) is 0 Å². The first kappa shape index (κ1) is 31.9. The highest BCUT2D eigenvalue weighted by atomic mass is 16.3. The minimum atomic E-state index is 0.648. The minimum Gasteiger partial charge on any atom is -0.455 e. The maximum absolute atomic E-state index is 6.62. The summed E-state index contributed by atoms with van der Waals surface area (Å²) in [5.74, 6) is 0.648. The first-order valence-corrected chi connectivity index (χ1v) is 18.9. The number of hydrogen-bond acceptors (Lipinski definition) is 3. The van der Waals surface area contributed by atoms with E-state index >= 15 is 0 Å². The molecule has 3 heterocycles. The summed E-state index contributed by atoms with van der Waals surface area (Å²) < 4.78 is 8.88. The summed E-state index contributed by atoms with van der Waals surface area (Å²) in [7, 11) is 0. The zero-order valence-electron chi connectivity index (χ0n) is 30.3. The van der Waals surface area contributed by atoms with Gasteiger partial charge in [0.15, 0.2) is 5.82 Å². The van der Waals surface area contributed by atoms with Crippen LogP contribution < -0.4 is 0 Å². The molecule has 3 aromatic heterocycles. The van der Waals surface area contributed by atoms with E-state index in [2.05, 4.69) is 187 Å². The Morgan fingerprint density at radius 1 is 0.393 bits per heavy atom. The normalized spacial score (nSPS) is 11.6. The summed E-state index contributed by atoms with van der Waals surface area (Å²) in [6.07, 6.45) is 0. The molecule has 0 unspecified atom stereocenters. The molecule has 0 N–H and O–H groups in total. The third-order valence-corrected chi connectivity index (χ3v) is 10.8. The van der Waals surface area contributed by atoms with Crippen LogP contribution in [0.5, 0.6) is 0 Å². The number of furan rings is 1. The summed E-state index contributed by atoms with van der Waals surface area (Å²) in [4.78, 5) is 10.9. The van der Waals surface area contributed by atoms with Crippen LogP contribution in [0.2, 0.25) is 0 Å². The van der Waals surface area contributed by atoms with E-state index in [4.69, 9.17) is 14.4 Å². The highest BCUT2D eigenvalue weighted by Gasteiger charge is 2.23. The Bertz CT molecular complexity index is 3230. The molecule has 56 heavy (non-hydrogen) atoms. The van der Waals surface area contributed by atoms with Gasteiger partial charge in [-0.15, -0.1) is 0 Å². The van der Waals surface area contributed by atoms with Crippen LogP contribution in [0.4, 0.5) is 0 Å². The number of fused-ring (bicyclic) bond motifs is 6. The maximum atomic E-state index is 6.62. The third kappa shape index (κ3) is 5.31. The molecule has 4 nitrogen and oxygen atoms in total. The van der Waals surface area contributed by atoms with Crippen molar-refractivity contribution in [3.63, 3.8) is 0 Å². The van der Waals surface area contributed by atoms with Crippen molar-refractivity contribution in [3.8, 4) is 61.7 Å². The molecule has 0 amide bonds. The van der Waals surface area contributed by atoms with Gasteiger partial charge < -0.3 is 4.42 Å². The Labute approximate surface area is 323 Å². The topological polar surface area (TPSA) is 43.9 Å². The molecule has 0 aliphatic rings. The summed E-state index contributed by atoms with van der Waals surface area (Å²) in [5, 5.41) is 4.23. The molecule has 11 aromatic rings. The van der Waals surface area contributed by atoms with Gasteiger partial charge in [0.25, 0.3) is 0 Å². The number of aromatic nitrogens is 3. The van der Waals surface area contributed by atoms with Crippen molar-refractivity contribution in [2.75, 3.05) is 0 Å². The molecule has 0 radical (unpaired) electrons. The van der Waals surface area contributed by atoms with Crippen LogP contribution in [0.3, 0.4) is 0 Å². The highest BCUT2D eigenvalue weighted by molar-refractivity contribution is 6.17. The largest absolute Gasteiger partial charge is 0.455 e. The molecule has 0 aliphatic carbocycles. The molecule has 0 bridgehead atoms. The smallest absolute Gasteiger partial charge is 0.162 e. The SMILES string of the molecule is c1ccc(-c2ccc(-c3cccc(-c4cccc(-c5nc(-c6cccc7c6oc6ccccc67)c6c7ccccc7n(-c7ccccc7)c6n5)c4)c3)cc2)cc1. The van der Waals surface area contributed by atoms with Gasteiger partial charge in [-0.3, -0.25) is 4.57 Å². The first-order chi connectivity index (χ1) is 27.8. The second-order valence-electron chi connectivity index (χ2n) is 14.2. The van der Waals surface area contributed by atoms with E-state index in [9.17, 15) is 0 Å². The van der Waals surface area contributed by atoms with Gasteiger partial charge in [0.05, 0.1) is 16.6 Å². The summed E-state index contributed by atoms with van der Waals surface area (Å²) >= 11 is 0. The van der Waals surface area contributed by atoms with Crippen molar-refractivity contribution >= 4 is 43.9 Å². The van der Waals surface area contributed by atoms with Gasteiger partial charge in [0, 0.05) is 33.0 Å². The lowest BCUT2D eigenvalue weighted by Gasteiger charge is -2.12. The zero-order chi connectivity index (χ0) is 37.0. The van der Waals surface area contributed by atoms with Crippen molar-refractivity contribution in [2.45, 2.75) is 0 Å². The average Bonchev–Trinajstić information content (AvgIpc) is 3.83. The fourth-order valence-electron chi connectivity index (χ4n) is 8.15. The molecule has 0 saturated carbocycles. The summed E-state index contributed by atoms with van der Waals surface area (Å²) in [6, 6.07) is 70.2. The Balaban J connectivity index is 1.10. The fraction of sp³-hybridized carbons (Fsp3) is 0. The molecule has 4 heteroatoms. The van der Waals surface area contributed by atoms with Gasteiger partial charge in [-0.25, -0.2) is 9.97 Å². The second kappa shape index (κ2) is 13.1. The van der Waals surface area contributed by atoms with Crippen LogP contribution in [0.1, 0.15) is 0 Å². The van der Waals surface area contributed by atoms with Crippen LogP contribution in [-0.2, 0) is 0 Å². The van der Waals surface area contributed by atoms with E-state index in [0.29, 0.717) is 5.82 Å². The highest BCUT2D eigenvalue weighted by Crippen LogP contribution is 2.42. The first-order valence-electron chi connectivity index (χ1n) is 18.9. The van der Waals surface area contributed by atoms with Crippen molar-refractivity contribution in [3.05, 3.63) is 200 Å². The zero-order valence-corrected chi connectivity index (χ0v) is 30.3. The minimum absolute atomic E-state index is 0.648. The van der Waals surface area contributed by atoms with Crippen LogP contribution >= 0.6 is 0 Å². The monoisotopic (exact) mass is 715 g/mol. The Morgan fingerprint density at radius 2 is 0.929 bits per heavy atom. The maximum Gasteiger partial charge on any atom is 0.162 e. The lowest BCUT2D eigenvalue weighted by atomic mass is 9.96. The Hall–Kier alpha value is -7.56. The van der Waals surface area contributed by atoms with Crippen molar-refractivity contribution < 1.29 is 4.42 Å². The van der Waals surface area contributed by atoms with Crippen molar-refractivity contribution in [1.29, 1.82) is 0 Å². The Morgan fingerprint density at radius 3 is 1.70 bits per heavy atom. The quantitative estimate of drug-likeness (QED) is 0.172. The van der Waals surface area contributed by atoms with E-state index in [-0.39, 0.29) is 0 Å². The summed E-state index contributed by atoms with van der Waals surface area (Å²) in [5.41, 5.74) is 14.3. The van der Waals surface area contributed by atoms with E-state index < -0.39 is 0 Å². The van der Waals surface area contributed by atoms with Crippen molar-refractivity contribution in [2.24, 2.45) is 0 Å². The third-order valence-electron chi connectivity index (χ3n) is 10.8. The summed E-state index contributed by atoms with van der Waals surface area (Å²) in [6.45, 7) is 0. The molecule has 0 atom stereocenters. The molecule has 262 valence electrons. The van der Waals surface area contributed by atoms with E-state index in [1.165, 1.54) is 22.3 Å². The molecule has 11 rings (SSSR count). The predicted molar refractivity (Wildman–Crippen MR) is 231 cm³/mol. The second-order valence-corrected chi connectivity index (χ2v) is 14.2. The van der Waals surface area contributed by atoms with Crippen LogP contribution in [-0.4, -0.2) is 14.5 Å². The Kier molecular flexibility index (Phi) is 7.46.